The molecule has 1 heterocycles. The summed E-state index contributed by atoms with van der Waals surface area (Å²) in [5.74, 6) is -0.588. The Morgan fingerprint density at radius 3 is 2.57 bits per heavy atom. The van der Waals surface area contributed by atoms with Crippen molar-refractivity contribution in [3.63, 3.8) is 0 Å². The van der Waals surface area contributed by atoms with E-state index in [0.717, 1.165) is 40.6 Å². The van der Waals surface area contributed by atoms with E-state index in [0.29, 0.717) is 11.1 Å². The number of nitrogens with zero attached hydrogens (tertiary/aromatic N) is 2. The minimum absolute atomic E-state index is 0.217. The van der Waals surface area contributed by atoms with Crippen molar-refractivity contribution in [1.29, 1.82) is 0 Å². The minimum atomic E-state index is -0.371. The molecule has 1 aliphatic carbocycles. The maximum absolute atomic E-state index is 14.6. The van der Waals surface area contributed by atoms with Crippen LogP contribution in [0.1, 0.15) is 34.3 Å². The number of hydrogen-bond acceptors (Lipinski definition) is 2. The summed E-state index contributed by atoms with van der Waals surface area (Å²) in [6, 6.07) is 17.5. The average molecular weight is 399 g/mol. The van der Waals surface area contributed by atoms with Crippen molar-refractivity contribution in [2.75, 3.05) is 0 Å². The number of amides is 1. The van der Waals surface area contributed by atoms with Crippen LogP contribution in [0, 0.1) is 19.7 Å². The Bertz CT molecular complexity index is 1270. The van der Waals surface area contributed by atoms with Crippen LogP contribution in [0.25, 0.3) is 27.7 Å². The lowest BCUT2D eigenvalue weighted by atomic mass is 9.96. The van der Waals surface area contributed by atoms with E-state index < -0.39 is 0 Å². The number of halogens is 1. The molecule has 0 radical (unpaired) electrons. The van der Waals surface area contributed by atoms with E-state index in [4.69, 9.17) is 0 Å². The molecule has 0 saturated heterocycles. The highest BCUT2D eigenvalue weighted by Gasteiger charge is 2.24. The summed E-state index contributed by atoms with van der Waals surface area (Å²) in [7, 11) is 0. The first kappa shape index (κ1) is 18.6. The number of aryl methyl sites for hydroxylation is 1. The zero-order valence-corrected chi connectivity index (χ0v) is 16.9. The summed E-state index contributed by atoms with van der Waals surface area (Å²) < 4.78 is 16.5. The Kier molecular flexibility index (Phi) is 4.39. The van der Waals surface area contributed by atoms with Crippen LogP contribution in [-0.4, -0.2) is 21.7 Å². The van der Waals surface area contributed by atoms with Crippen molar-refractivity contribution in [3.05, 3.63) is 83.3 Å². The van der Waals surface area contributed by atoms with E-state index >= 15 is 0 Å². The second-order valence-electron chi connectivity index (χ2n) is 8.04. The fraction of sp³-hybridized carbons (Fsp3) is 0.200. The molecule has 1 amide bonds. The topological polar surface area (TPSA) is 46.9 Å². The van der Waals surface area contributed by atoms with Crippen LogP contribution in [0.3, 0.4) is 0 Å². The average Bonchev–Trinajstić information content (AvgIpc) is 3.46. The summed E-state index contributed by atoms with van der Waals surface area (Å²) in [6.45, 7) is 3.80. The van der Waals surface area contributed by atoms with Crippen LogP contribution in [0.2, 0.25) is 0 Å². The molecule has 1 aromatic heterocycles. The van der Waals surface area contributed by atoms with E-state index in [-0.39, 0.29) is 17.8 Å². The van der Waals surface area contributed by atoms with Gasteiger partial charge in [-0.3, -0.25) is 4.79 Å². The maximum Gasteiger partial charge on any atom is 0.251 e. The Labute approximate surface area is 174 Å². The summed E-state index contributed by atoms with van der Waals surface area (Å²) in [5, 5.41) is 8.42. The highest BCUT2D eigenvalue weighted by Crippen LogP contribution is 2.31. The van der Waals surface area contributed by atoms with Crippen molar-refractivity contribution in [1.82, 2.24) is 15.1 Å². The van der Waals surface area contributed by atoms with Crippen LogP contribution in [-0.2, 0) is 0 Å². The third kappa shape index (κ3) is 3.36. The number of nitrogens with one attached hydrogen (secondary N) is 1. The van der Waals surface area contributed by atoms with Gasteiger partial charge < -0.3 is 5.32 Å². The second-order valence-corrected chi connectivity index (χ2v) is 8.04. The molecule has 3 aromatic carbocycles. The Balaban J connectivity index is 1.55. The number of hydrogen-bond donors (Lipinski definition) is 1. The minimum Gasteiger partial charge on any atom is -0.349 e. The van der Waals surface area contributed by atoms with E-state index in [2.05, 4.69) is 29.5 Å². The third-order valence-electron chi connectivity index (χ3n) is 5.68. The van der Waals surface area contributed by atoms with Gasteiger partial charge in [0.05, 0.1) is 17.4 Å². The highest BCUT2D eigenvalue weighted by atomic mass is 19.1. The molecule has 4 nitrogen and oxygen atoms in total. The van der Waals surface area contributed by atoms with Crippen LogP contribution < -0.4 is 5.32 Å². The van der Waals surface area contributed by atoms with Crippen LogP contribution in [0.15, 0.2) is 60.8 Å². The quantitative estimate of drug-likeness (QED) is 0.503. The molecule has 1 N–H and O–H groups in total. The fourth-order valence-corrected chi connectivity index (χ4v) is 3.70. The number of benzene rings is 3. The first-order chi connectivity index (χ1) is 14.5. The van der Waals surface area contributed by atoms with Crippen molar-refractivity contribution in [2.45, 2.75) is 32.7 Å². The number of aromatic nitrogens is 2. The molecule has 30 heavy (non-hydrogen) atoms. The smallest absolute Gasteiger partial charge is 0.251 e. The van der Waals surface area contributed by atoms with Gasteiger partial charge in [0.2, 0.25) is 0 Å². The molecular formula is C25H22FN3O. The zero-order valence-electron chi connectivity index (χ0n) is 16.9. The molecule has 0 atom stereocenters. The molecule has 0 bridgehead atoms. The Hall–Kier alpha value is -3.47. The van der Waals surface area contributed by atoms with Crippen LogP contribution >= 0.6 is 0 Å². The number of rotatable bonds is 4. The fourth-order valence-electron chi connectivity index (χ4n) is 3.70. The summed E-state index contributed by atoms with van der Waals surface area (Å²) >= 11 is 0. The van der Waals surface area contributed by atoms with Gasteiger partial charge in [0, 0.05) is 17.0 Å². The molecule has 0 unspecified atom stereocenters. The summed E-state index contributed by atoms with van der Waals surface area (Å²) in [5.41, 5.74) is 5.64. The lowest BCUT2D eigenvalue weighted by Gasteiger charge is -2.12. The lowest BCUT2D eigenvalue weighted by molar-refractivity contribution is 0.0950. The van der Waals surface area contributed by atoms with Crippen molar-refractivity contribution >= 4 is 16.8 Å². The standard InChI is InChI=1S/C25H22FN3O/c1-15-3-8-21(9-4-15)29-24-10-5-17(11-19(24)14-27-29)22-12-18(13-23(26)16(22)2)25(30)28-20-6-7-20/h3-5,8-14,20H,6-7H2,1-2H3,(H,28,30). The van der Waals surface area contributed by atoms with Gasteiger partial charge in [-0.25, -0.2) is 9.07 Å². The van der Waals surface area contributed by atoms with Gasteiger partial charge >= 0.3 is 0 Å². The van der Waals surface area contributed by atoms with Crippen LogP contribution in [0.5, 0.6) is 0 Å². The molecule has 5 rings (SSSR count). The van der Waals surface area contributed by atoms with Crippen molar-refractivity contribution in [2.24, 2.45) is 0 Å². The normalized spacial score (nSPS) is 13.6. The van der Waals surface area contributed by atoms with Crippen molar-refractivity contribution < 1.29 is 9.18 Å². The SMILES string of the molecule is Cc1ccc(-n2ncc3cc(-c4cc(C(=O)NC5CC5)cc(F)c4C)ccc32)cc1. The zero-order chi connectivity index (χ0) is 20.8. The third-order valence-corrected chi connectivity index (χ3v) is 5.68. The number of carbonyl (C=O) groups is 1. The lowest BCUT2D eigenvalue weighted by Crippen LogP contribution is -2.25. The molecule has 1 aliphatic rings. The van der Waals surface area contributed by atoms with Crippen molar-refractivity contribution in [3.8, 4) is 16.8 Å². The maximum atomic E-state index is 14.6. The van der Waals surface area contributed by atoms with Gasteiger partial charge in [-0.05, 0) is 79.8 Å². The van der Waals surface area contributed by atoms with Crippen LogP contribution in [0.4, 0.5) is 4.39 Å². The van der Waals surface area contributed by atoms with Gasteiger partial charge in [-0.15, -0.1) is 0 Å². The molecule has 1 fully saturated rings. The van der Waals surface area contributed by atoms with E-state index in [9.17, 15) is 9.18 Å². The number of carbonyl (C=O) groups excluding carboxylic acids is 1. The van der Waals surface area contributed by atoms with Gasteiger partial charge in [-0.2, -0.15) is 5.10 Å². The molecule has 4 aromatic rings. The molecule has 0 aliphatic heterocycles. The molecule has 5 heteroatoms. The van der Waals surface area contributed by atoms with E-state index in [1.165, 1.54) is 11.6 Å². The van der Waals surface area contributed by atoms with Gasteiger partial charge in [0.25, 0.3) is 5.91 Å². The summed E-state index contributed by atoms with van der Waals surface area (Å²) in [6.07, 6.45) is 3.80. The summed E-state index contributed by atoms with van der Waals surface area (Å²) in [4.78, 5) is 12.4. The van der Waals surface area contributed by atoms with E-state index in [1.807, 2.05) is 41.2 Å². The largest absolute Gasteiger partial charge is 0.349 e. The predicted octanol–water partition coefficient (Wildman–Crippen LogP) is 5.34. The predicted molar refractivity (Wildman–Crippen MR) is 116 cm³/mol. The second kappa shape index (κ2) is 7.10. The van der Waals surface area contributed by atoms with Gasteiger partial charge in [0.15, 0.2) is 0 Å². The Morgan fingerprint density at radius 1 is 1.07 bits per heavy atom. The number of fused-ring (bicyclic) bond motifs is 1. The highest BCUT2D eigenvalue weighted by molar-refractivity contribution is 5.96. The monoisotopic (exact) mass is 399 g/mol. The van der Waals surface area contributed by atoms with Gasteiger partial charge in [0.1, 0.15) is 5.82 Å². The molecule has 150 valence electrons. The molecular weight excluding hydrogens is 377 g/mol. The molecule has 1 saturated carbocycles. The first-order valence-corrected chi connectivity index (χ1v) is 10.2. The first-order valence-electron chi connectivity index (χ1n) is 10.2. The van der Waals surface area contributed by atoms with E-state index in [1.54, 1.807) is 13.0 Å². The Morgan fingerprint density at radius 2 is 1.83 bits per heavy atom. The molecule has 0 spiro atoms. The van der Waals surface area contributed by atoms with Gasteiger partial charge in [-0.1, -0.05) is 23.8 Å².